The monoisotopic (exact) mass is 426 g/mol. The van der Waals surface area contributed by atoms with Crippen molar-refractivity contribution in [3.05, 3.63) is 107 Å². The van der Waals surface area contributed by atoms with Gasteiger partial charge in [0.05, 0.1) is 11.6 Å². The fraction of sp³-hybridized carbons (Fsp3) is 0.115. The number of hydrogen-bond acceptors (Lipinski definition) is 3. The number of amides is 1. The van der Waals surface area contributed by atoms with Gasteiger partial charge in [-0.05, 0) is 41.5 Å². The lowest BCUT2D eigenvalue weighted by Gasteiger charge is -2.24. The summed E-state index contributed by atoms with van der Waals surface area (Å²) in [4.78, 5) is 32.6. The van der Waals surface area contributed by atoms with E-state index in [1.54, 1.807) is 11.0 Å². The number of rotatable bonds is 5. The van der Waals surface area contributed by atoms with Gasteiger partial charge in [0.25, 0.3) is 5.91 Å². The first-order chi connectivity index (χ1) is 15.1. The molecule has 4 aromatic rings. The zero-order valence-corrected chi connectivity index (χ0v) is 17.4. The van der Waals surface area contributed by atoms with Crippen LogP contribution in [0.2, 0.25) is 5.02 Å². The Morgan fingerprint density at radius 3 is 2.52 bits per heavy atom. The third-order valence-corrected chi connectivity index (χ3v) is 5.87. The fourth-order valence-electron chi connectivity index (χ4n) is 4.18. The lowest BCUT2D eigenvalue weighted by atomic mass is 9.97. The molecule has 0 bridgehead atoms. The summed E-state index contributed by atoms with van der Waals surface area (Å²) >= 11 is 6.14. The van der Waals surface area contributed by atoms with Gasteiger partial charge in [-0.25, -0.2) is 4.98 Å². The number of anilines is 1. The van der Waals surface area contributed by atoms with Crippen molar-refractivity contribution in [2.24, 2.45) is 0 Å². The van der Waals surface area contributed by atoms with Crippen LogP contribution in [-0.4, -0.2) is 16.7 Å². The molecule has 0 saturated carbocycles. The second-order valence-corrected chi connectivity index (χ2v) is 8.13. The Morgan fingerprint density at radius 1 is 0.935 bits per heavy atom. The second-order valence-electron chi connectivity index (χ2n) is 7.69. The molecule has 0 saturated heterocycles. The standard InChI is InChI=1S/C26H19ClN2O2/c27-19-12-10-18-11-13-25(28-23(18)15-19)29-24(21-8-4-5-9-22(21)26(29)31)16-20(30)14-17-6-2-1-3-7-17/h1-13,15,24H,14,16H2. The van der Waals surface area contributed by atoms with Gasteiger partial charge >= 0.3 is 0 Å². The molecule has 1 aliphatic rings. The number of carbonyl (C=O) groups excluding carboxylic acids is 2. The largest absolute Gasteiger partial charge is 0.299 e. The second kappa shape index (κ2) is 7.97. The number of aromatic nitrogens is 1. The summed E-state index contributed by atoms with van der Waals surface area (Å²) in [5.41, 5.74) is 3.16. The lowest BCUT2D eigenvalue weighted by Crippen LogP contribution is -2.30. The third-order valence-electron chi connectivity index (χ3n) is 5.63. The Labute approximate surface area is 185 Å². The topological polar surface area (TPSA) is 50.3 Å². The summed E-state index contributed by atoms with van der Waals surface area (Å²) in [7, 11) is 0. The number of pyridine rings is 1. The molecule has 1 amide bonds. The van der Waals surface area contributed by atoms with Crippen molar-refractivity contribution < 1.29 is 9.59 Å². The Kier molecular flexibility index (Phi) is 5.00. The molecule has 0 N–H and O–H groups in total. The number of Topliss-reactive ketones (excluding diaryl/α,β-unsaturated/α-hetero) is 1. The highest BCUT2D eigenvalue weighted by Gasteiger charge is 2.39. The zero-order valence-electron chi connectivity index (χ0n) is 16.7. The van der Waals surface area contributed by atoms with E-state index in [9.17, 15) is 9.59 Å². The zero-order chi connectivity index (χ0) is 21.4. The highest BCUT2D eigenvalue weighted by Crippen LogP contribution is 2.39. The molecule has 31 heavy (non-hydrogen) atoms. The highest BCUT2D eigenvalue weighted by atomic mass is 35.5. The van der Waals surface area contributed by atoms with Crippen LogP contribution in [0.15, 0.2) is 84.9 Å². The molecule has 0 spiro atoms. The average Bonchev–Trinajstić information content (AvgIpc) is 3.05. The summed E-state index contributed by atoms with van der Waals surface area (Å²) in [6.45, 7) is 0. The molecule has 1 aliphatic heterocycles. The molecule has 1 unspecified atom stereocenters. The Hall–Kier alpha value is -3.50. The summed E-state index contributed by atoms with van der Waals surface area (Å²) in [5, 5.41) is 1.52. The SMILES string of the molecule is O=C(Cc1ccccc1)CC1c2ccccc2C(=O)N1c1ccc2ccc(Cl)cc2n1. The van der Waals surface area contributed by atoms with E-state index in [1.807, 2.05) is 78.9 Å². The number of nitrogens with zero attached hydrogens (tertiary/aromatic N) is 2. The maximum absolute atomic E-state index is 13.3. The van der Waals surface area contributed by atoms with Crippen molar-refractivity contribution >= 4 is 40.0 Å². The molecule has 0 aliphatic carbocycles. The van der Waals surface area contributed by atoms with Gasteiger partial charge in [-0.3, -0.25) is 14.5 Å². The van der Waals surface area contributed by atoms with Crippen LogP contribution < -0.4 is 4.90 Å². The van der Waals surface area contributed by atoms with Crippen LogP contribution in [-0.2, 0) is 11.2 Å². The van der Waals surface area contributed by atoms with Crippen LogP contribution in [0, 0.1) is 0 Å². The van der Waals surface area contributed by atoms with E-state index >= 15 is 0 Å². The van der Waals surface area contributed by atoms with Crippen molar-refractivity contribution in [2.45, 2.75) is 18.9 Å². The van der Waals surface area contributed by atoms with Crippen LogP contribution in [0.5, 0.6) is 0 Å². The normalized spacial score (nSPS) is 15.3. The van der Waals surface area contributed by atoms with E-state index in [0.29, 0.717) is 28.3 Å². The number of ketones is 1. The molecule has 2 heterocycles. The van der Waals surface area contributed by atoms with Crippen molar-refractivity contribution in [3.8, 4) is 0 Å². The Balaban J connectivity index is 1.52. The van der Waals surface area contributed by atoms with E-state index in [4.69, 9.17) is 16.6 Å². The van der Waals surface area contributed by atoms with E-state index in [-0.39, 0.29) is 24.2 Å². The number of benzene rings is 3. The van der Waals surface area contributed by atoms with E-state index in [1.165, 1.54) is 0 Å². The van der Waals surface area contributed by atoms with Gasteiger partial charge in [0.15, 0.2) is 0 Å². The molecule has 1 aromatic heterocycles. The molecular weight excluding hydrogens is 408 g/mol. The molecule has 0 radical (unpaired) electrons. The van der Waals surface area contributed by atoms with Gasteiger partial charge in [0.1, 0.15) is 11.6 Å². The van der Waals surface area contributed by atoms with Gasteiger partial charge in [0, 0.05) is 28.8 Å². The highest BCUT2D eigenvalue weighted by molar-refractivity contribution is 6.31. The first-order valence-electron chi connectivity index (χ1n) is 10.1. The summed E-state index contributed by atoms with van der Waals surface area (Å²) in [5.74, 6) is 0.463. The predicted octanol–water partition coefficient (Wildman–Crippen LogP) is 5.79. The van der Waals surface area contributed by atoms with E-state index < -0.39 is 0 Å². The maximum Gasteiger partial charge on any atom is 0.260 e. The van der Waals surface area contributed by atoms with Crippen LogP contribution in [0.1, 0.15) is 33.9 Å². The maximum atomic E-state index is 13.3. The smallest absolute Gasteiger partial charge is 0.260 e. The number of carbonyl (C=O) groups is 2. The minimum Gasteiger partial charge on any atom is -0.299 e. The first kappa shape index (κ1) is 19.5. The Bertz CT molecular complexity index is 1300. The van der Waals surface area contributed by atoms with Crippen LogP contribution >= 0.6 is 11.6 Å². The number of hydrogen-bond donors (Lipinski definition) is 0. The molecule has 4 nitrogen and oxygen atoms in total. The molecule has 5 rings (SSSR count). The molecule has 152 valence electrons. The number of fused-ring (bicyclic) bond motifs is 2. The minimum atomic E-state index is -0.385. The quantitative estimate of drug-likeness (QED) is 0.405. The van der Waals surface area contributed by atoms with Crippen molar-refractivity contribution in [1.82, 2.24) is 4.98 Å². The summed E-state index contributed by atoms with van der Waals surface area (Å²) < 4.78 is 0. The van der Waals surface area contributed by atoms with Crippen LogP contribution in [0.4, 0.5) is 5.82 Å². The fourth-order valence-corrected chi connectivity index (χ4v) is 4.35. The summed E-state index contributed by atoms with van der Waals surface area (Å²) in [6, 6.07) is 26.0. The Morgan fingerprint density at radius 2 is 1.68 bits per heavy atom. The molecule has 0 fully saturated rings. The molecular formula is C26H19ClN2O2. The van der Waals surface area contributed by atoms with Crippen molar-refractivity contribution in [2.75, 3.05) is 4.90 Å². The van der Waals surface area contributed by atoms with Crippen molar-refractivity contribution in [1.29, 1.82) is 0 Å². The van der Waals surface area contributed by atoms with E-state index in [2.05, 4.69) is 0 Å². The third kappa shape index (κ3) is 3.71. The number of halogens is 1. The van der Waals surface area contributed by atoms with Crippen LogP contribution in [0.25, 0.3) is 10.9 Å². The lowest BCUT2D eigenvalue weighted by molar-refractivity contribution is -0.118. The van der Waals surface area contributed by atoms with E-state index in [0.717, 1.165) is 16.5 Å². The summed E-state index contributed by atoms with van der Waals surface area (Å²) in [6.07, 6.45) is 0.565. The first-order valence-corrected chi connectivity index (χ1v) is 10.5. The minimum absolute atomic E-state index is 0.0783. The van der Waals surface area contributed by atoms with Gasteiger partial charge in [-0.15, -0.1) is 0 Å². The van der Waals surface area contributed by atoms with Crippen molar-refractivity contribution in [3.63, 3.8) is 0 Å². The van der Waals surface area contributed by atoms with Gasteiger partial charge in [-0.2, -0.15) is 0 Å². The van der Waals surface area contributed by atoms with Crippen LogP contribution in [0.3, 0.4) is 0 Å². The average molecular weight is 427 g/mol. The molecule has 3 aromatic carbocycles. The van der Waals surface area contributed by atoms with Gasteiger partial charge in [-0.1, -0.05) is 66.2 Å². The van der Waals surface area contributed by atoms with Gasteiger partial charge in [0.2, 0.25) is 0 Å². The predicted molar refractivity (Wildman–Crippen MR) is 123 cm³/mol. The molecule has 1 atom stereocenters. The molecule has 5 heteroatoms. The van der Waals surface area contributed by atoms with Gasteiger partial charge < -0.3 is 0 Å².